The van der Waals surface area contributed by atoms with E-state index in [9.17, 15) is 14.0 Å². The number of nitrogens with zero attached hydrogens (tertiary/aromatic N) is 1. The van der Waals surface area contributed by atoms with Gasteiger partial charge in [-0.25, -0.2) is 4.39 Å². The maximum absolute atomic E-state index is 13.0. The van der Waals surface area contributed by atoms with Gasteiger partial charge in [-0.1, -0.05) is 30.3 Å². The van der Waals surface area contributed by atoms with E-state index in [1.165, 1.54) is 24.3 Å². The smallest absolute Gasteiger partial charge is 0.255 e. The average Bonchev–Trinajstić information content (AvgIpc) is 2.77. The lowest BCUT2D eigenvalue weighted by atomic mass is 10.1. The molecule has 5 nitrogen and oxygen atoms in total. The van der Waals surface area contributed by atoms with Crippen LogP contribution in [0.25, 0.3) is 10.9 Å². The fraction of sp³-hybridized carbons (Fsp3) is 0.0800. The number of carbonyl (C=O) groups is 2. The third-order valence-corrected chi connectivity index (χ3v) is 4.83. The predicted octanol–water partition coefficient (Wildman–Crippen LogP) is 4.86. The number of halogens is 1. The predicted molar refractivity (Wildman–Crippen MR) is 118 cm³/mol. The number of benzene rings is 3. The lowest BCUT2D eigenvalue weighted by Crippen LogP contribution is -2.23. The number of fused-ring (bicyclic) bond motifs is 1. The van der Waals surface area contributed by atoms with E-state index in [2.05, 4.69) is 15.6 Å². The molecule has 0 aliphatic carbocycles. The standard InChI is InChI=1S/C25H20FN3O2/c1-16-13-22(21-7-2-3-8-23(21)28-16)25(31)27-15-17-5-4-6-20(14-17)29-24(30)18-9-11-19(26)12-10-18/h2-14H,15H2,1H3,(H,27,31)(H,29,30). The number of amides is 2. The molecule has 0 radical (unpaired) electrons. The van der Waals surface area contributed by atoms with Crippen molar-refractivity contribution in [2.24, 2.45) is 0 Å². The summed E-state index contributed by atoms with van der Waals surface area (Å²) in [4.78, 5) is 29.6. The Morgan fingerprint density at radius 3 is 2.48 bits per heavy atom. The van der Waals surface area contributed by atoms with Gasteiger partial charge in [-0.05, 0) is 61.0 Å². The quantitative estimate of drug-likeness (QED) is 0.491. The van der Waals surface area contributed by atoms with Crippen molar-refractivity contribution in [1.29, 1.82) is 0 Å². The van der Waals surface area contributed by atoms with Crippen molar-refractivity contribution in [3.05, 3.63) is 107 Å². The van der Waals surface area contributed by atoms with Gasteiger partial charge in [-0.3, -0.25) is 14.6 Å². The normalized spacial score (nSPS) is 10.6. The highest BCUT2D eigenvalue weighted by molar-refractivity contribution is 6.06. The first kappa shape index (κ1) is 20.2. The highest BCUT2D eigenvalue weighted by Crippen LogP contribution is 2.19. The Morgan fingerprint density at radius 2 is 1.68 bits per heavy atom. The van der Waals surface area contributed by atoms with Gasteiger partial charge in [0.1, 0.15) is 5.82 Å². The van der Waals surface area contributed by atoms with Crippen LogP contribution in [0.5, 0.6) is 0 Å². The second-order valence-corrected chi connectivity index (χ2v) is 7.17. The fourth-order valence-corrected chi connectivity index (χ4v) is 3.34. The highest BCUT2D eigenvalue weighted by Gasteiger charge is 2.12. The topological polar surface area (TPSA) is 71.1 Å². The molecule has 1 aromatic heterocycles. The number of aryl methyl sites for hydroxylation is 1. The van der Waals surface area contributed by atoms with Crippen LogP contribution in [0, 0.1) is 12.7 Å². The van der Waals surface area contributed by atoms with Crippen molar-refractivity contribution in [1.82, 2.24) is 10.3 Å². The first-order valence-electron chi connectivity index (χ1n) is 9.80. The first-order chi connectivity index (χ1) is 15.0. The van der Waals surface area contributed by atoms with Crippen LogP contribution < -0.4 is 10.6 Å². The number of pyridine rings is 1. The second kappa shape index (κ2) is 8.75. The minimum atomic E-state index is -0.397. The number of hydrogen-bond acceptors (Lipinski definition) is 3. The molecular formula is C25H20FN3O2. The molecule has 4 aromatic rings. The summed E-state index contributed by atoms with van der Waals surface area (Å²) in [7, 11) is 0. The van der Waals surface area contributed by atoms with Crippen molar-refractivity contribution in [3.8, 4) is 0 Å². The van der Waals surface area contributed by atoms with Gasteiger partial charge in [0.2, 0.25) is 0 Å². The SMILES string of the molecule is Cc1cc(C(=O)NCc2cccc(NC(=O)c3ccc(F)cc3)c2)c2ccccc2n1. The maximum atomic E-state index is 13.0. The molecule has 0 unspecified atom stereocenters. The van der Waals surface area contributed by atoms with Crippen LogP contribution in [0.4, 0.5) is 10.1 Å². The number of rotatable bonds is 5. The highest BCUT2D eigenvalue weighted by atomic mass is 19.1. The van der Waals surface area contributed by atoms with E-state index in [1.807, 2.05) is 37.3 Å². The average molecular weight is 413 g/mol. The Morgan fingerprint density at radius 1 is 0.903 bits per heavy atom. The zero-order chi connectivity index (χ0) is 21.8. The Bertz CT molecular complexity index is 1270. The van der Waals surface area contributed by atoms with Gasteiger partial charge in [-0.2, -0.15) is 0 Å². The number of nitrogens with one attached hydrogen (secondary N) is 2. The van der Waals surface area contributed by atoms with Crippen molar-refractivity contribution in [2.45, 2.75) is 13.5 Å². The molecule has 3 aromatic carbocycles. The van der Waals surface area contributed by atoms with Crippen LogP contribution in [-0.4, -0.2) is 16.8 Å². The molecule has 0 saturated carbocycles. The van der Waals surface area contributed by atoms with E-state index in [0.29, 0.717) is 23.4 Å². The number of para-hydroxylation sites is 1. The minimum absolute atomic E-state index is 0.192. The Kier molecular flexibility index (Phi) is 5.71. The Labute approximate surface area is 178 Å². The molecule has 6 heteroatoms. The minimum Gasteiger partial charge on any atom is -0.348 e. The molecule has 0 atom stereocenters. The summed E-state index contributed by atoms with van der Waals surface area (Å²) in [6.07, 6.45) is 0. The van der Waals surface area contributed by atoms with Gasteiger partial charge in [0.05, 0.1) is 11.1 Å². The van der Waals surface area contributed by atoms with Crippen LogP contribution in [0.15, 0.2) is 78.9 Å². The zero-order valence-corrected chi connectivity index (χ0v) is 16.9. The lowest BCUT2D eigenvalue weighted by molar-refractivity contribution is 0.0951. The summed E-state index contributed by atoms with van der Waals surface area (Å²) in [5, 5.41) is 6.52. The van der Waals surface area contributed by atoms with Crippen LogP contribution in [-0.2, 0) is 6.54 Å². The third kappa shape index (κ3) is 4.75. The Balaban J connectivity index is 1.45. The van der Waals surface area contributed by atoms with Crippen molar-refractivity contribution in [2.75, 3.05) is 5.32 Å². The molecule has 0 bridgehead atoms. The van der Waals surface area contributed by atoms with E-state index in [-0.39, 0.29) is 11.8 Å². The van der Waals surface area contributed by atoms with Gasteiger partial charge in [0, 0.05) is 28.9 Å². The molecule has 0 aliphatic rings. The van der Waals surface area contributed by atoms with Crippen molar-refractivity contribution < 1.29 is 14.0 Å². The molecule has 1 heterocycles. The van der Waals surface area contributed by atoms with Gasteiger partial charge in [-0.15, -0.1) is 0 Å². The van der Waals surface area contributed by atoms with E-state index in [0.717, 1.165) is 22.2 Å². The summed E-state index contributed by atoms with van der Waals surface area (Å²) in [5.74, 6) is -0.922. The summed E-state index contributed by atoms with van der Waals surface area (Å²) in [6.45, 7) is 2.16. The van der Waals surface area contributed by atoms with E-state index >= 15 is 0 Å². The van der Waals surface area contributed by atoms with Crippen molar-refractivity contribution in [3.63, 3.8) is 0 Å². The summed E-state index contributed by atoms with van der Waals surface area (Å²) in [5.41, 5.74) is 3.91. The van der Waals surface area contributed by atoms with Gasteiger partial charge in [0.25, 0.3) is 11.8 Å². The van der Waals surface area contributed by atoms with E-state index in [1.54, 1.807) is 24.3 Å². The van der Waals surface area contributed by atoms with Crippen LogP contribution >= 0.6 is 0 Å². The molecule has 0 fully saturated rings. The lowest BCUT2D eigenvalue weighted by Gasteiger charge is -2.11. The number of anilines is 1. The molecule has 0 saturated heterocycles. The third-order valence-electron chi connectivity index (χ3n) is 4.83. The maximum Gasteiger partial charge on any atom is 0.255 e. The largest absolute Gasteiger partial charge is 0.348 e. The van der Waals surface area contributed by atoms with Crippen LogP contribution in [0.1, 0.15) is 32.0 Å². The molecule has 0 spiro atoms. The molecule has 154 valence electrons. The molecule has 2 N–H and O–H groups in total. The molecular weight excluding hydrogens is 393 g/mol. The van der Waals surface area contributed by atoms with Gasteiger partial charge in [0.15, 0.2) is 0 Å². The van der Waals surface area contributed by atoms with Gasteiger partial charge >= 0.3 is 0 Å². The number of aromatic nitrogens is 1. The Hall–Kier alpha value is -4.06. The van der Waals surface area contributed by atoms with E-state index < -0.39 is 5.82 Å². The summed E-state index contributed by atoms with van der Waals surface area (Å²) < 4.78 is 13.0. The van der Waals surface area contributed by atoms with Crippen molar-refractivity contribution >= 4 is 28.4 Å². The van der Waals surface area contributed by atoms with Crippen LogP contribution in [0.2, 0.25) is 0 Å². The summed E-state index contributed by atoms with van der Waals surface area (Å²) in [6, 6.07) is 21.8. The molecule has 2 amide bonds. The summed E-state index contributed by atoms with van der Waals surface area (Å²) >= 11 is 0. The molecule has 4 rings (SSSR count). The monoisotopic (exact) mass is 413 g/mol. The fourth-order valence-electron chi connectivity index (χ4n) is 3.34. The van der Waals surface area contributed by atoms with E-state index in [4.69, 9.17) is 0 Å². The second-order valence-electron chi connectivity index (χ2n) is 7.17. The molecule has 0 aliphatic heterocycles. The number of carbonyl (C=O) groups excluding carboxylic acids is 2. The number of hydrogen-bond donors (Lipinski definition) is 2. The van der Waals surface area contributed by atoms with Crippen LogP contribution in [0.3, 0.4) is 0 Å². The first-order valence-corrected chi connectivity index (χ1v) is 9.80. The van der Waals surface area contributed by atoms with Gasteiger partial charge < -0.3 is 10.6 Å². The molecule has 31 heavy (non-hydrogen) atoms. The zero-order valence-electron chi connectivity index (χ0n) is 16.9.